The quantitative estimate of drug-likeness (QED) is 0.741. The van der Waals surface area contributed by atoms with E-state index in [4.69, 9.17) is 5.73 Å². The van der Waals surface area contributed by atoms with Gasteiger partial charge in [-0.1, -0.05) is 6.92 Å². The van der Waals surface area contributed by atoms with E-state index in [1.54, 1.807) is 0 Å². The molecular weight excluding hydrogens is 208 g/mol. The first kappa shape index (κ1) is 11.3. The second-order valence-electron chi connectivity index (χ2n) is 4.46. The molecule has 0 radical (unpaired) electrons. The molecule has 2 aliphatic rings. The molecule has 0 aromatic heterocycles. The number of nitrogens with two attached hydrogens (primary N) is 1. The van der Waals surface area contributed by atoms with Gasteiger partial charge in [-0.15, -0.1) is 11.8 Å². The predicted molar refractivity (Wildman–Crippen MR) is 63.6 cm³/mol. The van der Waals surface area contributed by atoms with Crippen molar-refractivity contribution in [1.82, 2.24) is 4.90 Å². The molecule has 2 rings (SSSR count). The first-order valence-electron chi connectivity index (χ1n) is 5.93. The third-order valence-corrected chi connectivity index (χ3v) is 4.79. The average molecular weight is 228 g/mol. The van der Waals surface area contributed by atoms with Gasteiger partial charge in [0.2, 0.25) is 5.91 Å². The van der Waals surface area contributed by atoms with E-state index >= 15 is 0 Å². The van der Waals surface area contributed by atoms with Gasteiger partial charge in [-0.05, 0) is 37.9 Å². The average Bonchev–Trinajstić information content (AvgIpc) is 2.40. The third-order valence-electron chi connectivity index (χ3n) is 3.47. The van der Waals surface area contributed by atoms with E-state index in [0.717, 1.165) is 31.4 Å². The van der Waals surface area contributed by atoms with Gasteiger partial charge in [-0.25, -0.2) is 0 Å². The number of thioether (sulfide) groups is 1. The molecule has 2 N–H and O–H groups in total. The Hall–Kier alpha value is -0.220. The van der Waals surface area contributed by atoms with Crippen LogP contribution in [0.25, 0.3) is 0 Å². The van der Waals surface area contributed by atoms with Crippen LogP contribution in [-0.2, 0) is 4.79 Å². The number of piperidine rings is 1. The number of rotatable bonds is 1. The lowest BCUT2D eigenvalue weighted by atomic mass is 9.98. The van der Waals surface area contributed by atoms with E-state index in [9.17, 15) is 4.79 Å². The summed E-state index contributed by atoms with van der Waals surface area (Å²) in [5, 5.41) is 0.407. The zero-order valence-corrected chi connectivity index (χ0v) is 10.1. The van der Waals surface area contributed by atoms with Crippen LogP contribution in [0.5, 0.6) is 0 Å². The van der Waals surface area contributed by atoms with Crippen LogP contribution in [-0.4, -0.2) is 34.0 Å². The molecule has 0 spiro atoms. The largest absolute Gasteiger partial charge is 0.326 e. The highest BCUT2D eigenvalue weighted by Crippen LogP contribution is 2.34. The topological polar surface area (TPSA) is 46.3 Å². The Balaban J connectivity index is 2.18. The number of nitrogens with zero attached hydrogens (tertiary/aromatic N) is 1. The van der Waals surface area contributed by atoms with Gasteiger partial charge < -0.3 is 10.6 Å². The standard InChI is InChI=1S/C11H20N2OS/c1-2-8-4-3-5-10-13(8)11(14)9(12)6-7-15-10/h8-10H,2-7,12H2,1H3/t8-,9+,10?/m1/s1. The molecule has 0 saturated carbocycles. The van der Waals surface area contributed by atoms with E-state index < -0.39 is 0 Å². The van der Waals surface area contributed by atoms with Crippen LogP contribution >= 0.6 is 11.8 Å². The number of carbonyl (C=O) groups excluding carboxylic acids is 1. The van der Waals surface area contributed by atoms with Crippen LogP contribution in [0.3, 0.4) is 0 Å². The number of hydrogen-bond acceptors (Lipinski definition) is 3. The van der Waals surface area contributed by atoms with Gasteiger partial charge in [0.25, 0.3) is 0 Å². The maximum Gasteiger partial charge on any atom is 0.240 e. The Bertz CT molecular complexity index is 247. The lowest BCUT2D eigenvalue weighted by Gasteiger charge is -2.41. The molecule has 2 fully saturated rings. The summed E-state index contributed by atoms with van der Waals surface area (Å²) in [4.78, 5) is 14.2. The zero-order valence-electron chi connectivity index (χ0n) is 9.32. The van der Waals surface area contributed by atoms with Crippen LogP contribution in [0.15, 0.2) is 0 Å². The normalized spacial score (nSPS) is 37.3. The highest BCUT2D eigenvalue weighted by molar-refractivity contribution is 7.99. The fourth-order valence-corrected chi connectivity index (χ4v) is 4.01. The van der Waals surface area contributed by atoms with Crippen molar-refractivity contribution < 1.29 is 4.79 Å². The summed E-state index contributed by atoms with van der Waals surface area (Å²) in [7, 11) is 0. The highest BCUT2D eigenvalue weighted by atomic mass is 32.2. The molecule has 0 bridgehead atoms. The fraction of sp³-hybridized carbons (Fsp3) is 0.909. The highest BCUT2D eigenvalue weighted by Gasteiger charge is 2.37. The van der Waals surface area contributed by atoms with Crippen molar-refractivity contribution in [3.63, 3.8) is 0 Å². The van der Waals surface area contributed by atoms with Crippen LogP contribution in [0.2, 0.25) is 0 Å². The lowest BCUT2D eigenvalue weighted by molar-refractivity contribution is -0.137. The minimum Gasteiger partial charge on any atom is -0.326 e. The Labute approximate surface area is 95.8 Å². The second-order valence-corrected chi connectivity index (χ2v) is 5.74. The third kappa shape index (κ3) is 2.16. The van der Waals surface area contributed by atoms with Crippen molar-refractivity contribution in [1.29, 1.82) is 0 Å². The van der Waals surface area contributed by atoms with Crippen molar-refractivity contribution in [2.75, 3.05) is 5.75 Å². The van der Waals surface area contributed by atoms with Crippen LogP contribution < -0.4 is 5.73 Å². The van der Waals surface area contributed by atoms with Crippen molar-refractivity contribution in [2.24, 2.45) is 5.73 Å². The van der Waals surface area contributed by atoms with Gasteiger partial charge in [-0.2, -0.15) is 0 Å². The summed E-state index contributed by atoms with van der Waals surface area (Å²) in [6.45, 7) is 2.17. The Morgan fingerprint density at radius 2 is 2.27 bits per heavy atom. The summed E-state index contributed by atoms with van der Waals surface area (Å²) in [6, 6.07) is 0.183. The predicted octanol–water partition coefficient (Wildman–Crippen LogP) is 1.57. The monoisotopic (exact) mass is 228 g/mol. The molecule has 2 heterocycles. The summed E-state index contributed by atoms with van der Waals surface area (Å²) < 4.78 is 0. The van der Waals surface area contributed by atoms with Crippen molar-refractivity contribution in [3.8, 4) is 0 Å². The fourth-order valence-electron chi connectivity index (χ4n) is 2.57. The maximum atomic E-state index is 12.1. The van der Waals surface area contributed by atoms with Crippen molar-refractivity contribution >= 4 is 17.7 Å². The number of hydrogen-bond donors (Lipinski definition) is 1. The van der Waals surface area contributed by atoms with Gasteiger partial charge >= 0.3 is 0 Å². The first-order valence-corrected chi connectivity index (χ1v) is 6.98. The van der Waals surface area contributed by atoms with Gasteiger partial charge in [0.1, 0.15) is 0 Å². The molecule has 86 valence electrons. The molecule has 0 aromatic carbocycles. The molecule has 3 nitrogen and oxygen atoms in total. The summed E-state index contributed by atoms with van der Waals surface area (Å²) in [5.41, 5.74) is 5.90. The molecule has 15 heavy (non-hydrogen) atoms. The number of fused-ring (bicyclic) bond motifs is 1. The van der Waals surface area contributed by atoms with Gasteiger partial charge in [-0.3, -0.25) is 4.79 Å². The van der Waals surface area contributed by atoms with E-state index in [1.165, 1.54) is 6.42 Å². The van der Waals surface area contributed by atoms with E-state index in [0.29, 0.717) is 11.4 Å². The zero-order chi connectivity index (χ0) is 10.8. The molecule has 0 aromatic rings. The molecule has 1 unspecified atom stereocenters. The molecule has 0 aliphatic carbocycles. The Morgan fingerprint density at radius 1 is 1.47 bits per heavy atom. The molecule has 1 amide bonds. The van der Waals surface area contributed by atoms with Gasteiger partial charge in [0.15, 0.2) is 0 Å². The van der Waals surface area contributed by atoms with Crippen LogP contribution in [0.1, 0.15) is 39.0 Å². The summed E-state index contributed by atoms with van der Waals surface area (Å²) in [6.07, 6.45) is 5.48. The Morgan fingerprint density at radius 3 is 3.00 bits per heavy atom. The van der Waals surface area contributed by atoms with Crippen LogP contribution in [0.4, 0.5) is 0 Å². The summed E-state index contributed by atoms with van der Waals surface area (Å²) >= 11 is 1.92. The van der Waals surface area contributed by atoms with Crippen molar-refractivity contribution in [2.45, 2.75) is 56.5 Å². The second kappa shape index (κ2) is 4.74. The molecule has 2 aliphatic heterocycles. The smallest absolute Gasteiger partial charge is 0.240 e. The molecule has 2 saturated heterocycles. The molecular formula is C11H20N2OS. The van der Waals surface area contributed by atoms with E-state index in [1.807, 2.05) is 11.8 Å². The number of carbonyl (C=O) groups is 1. The Kier molecular flexibility index (Phi) is 3.57. The van der Waals surface area contributed by atoms with Gasteiger partial charge in [0.05, 0.1) is 11.4 Å². The SMILES string of the molecule is CC[C@@H]1CCCC2SCC[C@H](N)C(=O)N21. The number of amides is 1. The molecule has 4 heteroatoms. The van der Waals surface area contributed by atoms with E-state index in [-0.39, 0.29) is 11.9 Å². The van der Waals surface area contributed by atoms with E-state index in [2.05, 4.69) is 11.8 Å². The first-order chi connectivity index (χ1) is 7.24. The minimum atomic E-state index is -0.255. The lowest BCUT2D eigenvalue weighted by Crippen LogP contribution is -2.52. The minimum absolute atomic E-state index is 0.191. The van der Waals surface area contributed by atoms with Crippen LogP contribution in [0, 0.1) is 0 Å². The maximum absolute atomic E-state index is 12.1. The van der Waals surface area contributed by atoms with Gasteiger partial charge in [0, 0.05) is 6.04 Å². The molecule has 3 atom stereocenters. The summed E-state index contributed by atoms with van der Waals surface area (Å²) in [5.74, 6) is 1.22. The van der Waals surface area contributed by atoms with Crippen molar-refractivity contribution in [3.05, 3.63) is 0 Å².